The molecule has 98 valence electrons. The SMILES string of the molecule is CC(C(N)=NO)N(C)C(=O)c1cc(F)cc(Br)c1. The van der Waals surface area contributed by atoms with Gasteiger partial charge in [-0.25, -0.2) is 4.39 Å². The minimum Gasteiger partial charge on any atom is -0.409 e. The number of halogens is 2. The standard InChI is InChI=1S/C11H13BrFN3O2/c1-6(10(14)15-18)16(2)11(17)7-3-8(12)5-9(13)4-7/h3-6,18H,1-2H3,(H2,14,15). The molecule has 0 bridgehead atoms. The van der Waals surface area contributed by atoms with E-state index in [0.29, 0.717) is 4.47 Å². The molecule has 0 fully saturated rings. The van der Waals surface area contributed by atoms with E-state index in [0.717, 1.165) is 6.07 Å². The van der Waals surface area contributed by atoms with Crippen molar-refractivity contribution in [1.82, 2.24) is 4.90 Å². The Morgan fingerprint density at radius 1 is 1.56 bits per heavy atom. The lowest BCUT2D eigenvalue weighted by atomic mass is 10.1. The molecule has 0 saturated heterocycles. The number of nitrogens with two attached hydrogens (primary N) is 1. The van der Waals surface area contributed by atoms with Gasteiger partial charge in [0.05, 0.1) is 6.04 Å². The zero-order chi connectivity index (χ0) is 13.9. The summed E-state index contributed by atoms with van der Waals surface area (Å²) in [4.78, 5) is 13.3. The number of amidine groups is 1. The summed E-state index contributed by atoms with van der Waals surface area (Å²) in [5.74, 6) is -1.03. The molecule has 1 amide bonds. The van der Waals surface area contributed by atoms with Gasteiger partial charge in [-0.3, -0.25) is 4.79 Å². The predicted molar refractivity (Wildman–Crippen MR) is 69.1 cm³/mol. The fourth-order valence-electron chi connectivity index (χ4n) is 1.34. The van der Waals surface area contributed by atoms with E-state index in [2.05, 4.69) is 21.1 Å². The Kier molecular flexibility index (Phi) is 4.66. The predicted octanol–water partition coefficient (Wildman–Crippen LogP) is 1.80. The van der Waals surface area contributed by atoms with E-state index in [1.54, 1.807) is 6.92 Å². The molecule has 0 aliphatic heterocycles. The second-order valence-electron chi connectivity index (χ2n) is 3.78. The molecule has 7 heteroatoms. The Morgan fingerprint density at radius 2 is 2.17 bits per heavy atom. The molecule has 0 saturated carbocycles. The van der Waals surface area contributed by atoms with Gasteiger partial charge < -0.3 is 15.8 Å². The van der Waals surface area contributed by atoms with E-state index in [9.17, 15) is 9.18 Å². The van der Waals surface area contributed by atoms with Crippen LogP contribution in [0.1, 0.15) is 17.3 Å². The van der Waals surface area contributed by atoms with Gasteiger partial charge in [-0.2, -0.15) is 0 Å². The summed E-state index contributed by atoms with van der Waals surface area (Å²) in [6, 6.07) is 3.29. The van der Waals surface area contributed by atoms with Crippen LogP contribution in [0.15, 0.2) is 27.8 Å². The molecule has 0 aliphatic rings. The van der Waals surface area contributed by atoms with Crippen molar-refractivity contribution >= 4 is 27.7 Å². The van der Waals surface area contributed by atoms with Gasteiger partial charge in [0, 0.05) is 17.1 Å². The number of benzene rings is 1. The van der Waals surface area contributed by atoms with Gasteiger partial charge in [0.25, 0.3) is 5.91 Å². The Balaban J connectivity index is 3.00. The molecule has 1 unspecified atom stereocenters. The van der Waals surface area contributed by atoms with E-state index in [1.807, 2.05) is 0 Å². The number of hydrogen-bond acceptors (Lipinski definition) is 3. The van der Waals surface area contributed by atoms with Crippen LogP contribution in [0.25, 0.3) is 0 Å². The number of carbonyl (C=O) groups excluding carboxylic acids is 1. The molecule has 0 spiro atoms. The number of likely N-dealkylation sites (N-methyl/N-ethyl adjacent to an activating group) is 1. The number of rotatable bonds is 3. The van der Waals surface area contributed by atoms with Gasteiger partial charge >= 0.3 is 0 Å². The highest BCUT2D eigenvalue weighted by Gasteiger charge is 2.21. The Bertz CT molecular complexity index is 473. The summed E-state index contributed by atoms with van der Waals surface area (Å²) in [5.41, 5.74) is 5.60. The summed E-state index contributed by atoms with van der Waals surface area (Å²) in [5, 5.41) is 11.4. The molecule has 18 heavy (non-hydrogen) atoms. The third-order valence-electron chi connectivity index (χ3n) is 2.55. The van der Waals surface area contributed by atoms with Crippen LogP contribution in [-0.2, 0) is 0 Å². The minimum atomic E-state index is -0.593. The van der Waals surface area contributed by atoms with Crippen LogP contribution in [0.3, 0.4) is 0 Å². The summed E-state index contributed by atoms with van der Waals surface area (Å²) in [6.45, 7) is 1.60. The molecule has 5 nitrogen and oxygen atoms in total. The summed E-state index contributed by atoms with van der Waals surface area (Å²) in [7, 11) is 1.49. The van der Waals surface area contributed by atoms with Crippen molar-refractivity contribution in [1.29, 1.82) is 0 Å². The number of carbonyl (C=O) groups is 1. The fourth-order valence-corrected chi connectivity index (χ4v) is 1.80. The van der Waals surface area contributed by atoms with Crippen LogP contribution in [0, 0.1) is 5.82 Å². The molecule has 0 heterocycles. The van der Waals surface area contributed by atoms with Crippen LogP contribution in [0.4, 0.5) is 4.39 Å². The van der Waals surface area contributed by atoms with Gasteiger partial charge in [-0.05, 0) is 25.1 Å². The molecule has 0 radical (unpaired) electrons. The van der Waals surface area contributed by atoms with Crippen molar-refractivity contribution in [2.45, 2.75) is 13.0 Å². The van der Waals surface area contributed by atoms with E-state index in [4.69, 9.17) is 10.9 Å². The third-order valence-corrected chi connectivity index (χ3v) is 3.01. The number of hydrogen-bond donors (Lipinski definition) is 2. The third kappa shape index (κ3) is 3.19. The zero-order valence-corrected chi connectivity index (χ0v) is 11.5. The summed E-state index contributed by atoms with van der Waals surface area (Å²) in [6.07, 6.45) is 0. The maximum absolute atomic E-state index is 13.2. The maximum atomic E-state index is 13.2. The fraction of sp³-hybridized carbons (Fsp3) is 0.273. The van der Waals surface area contributed by atoms with Gasteiger partial charge in [0.2, 0.25) is 0 Å². The van der Waals surface area contributed by atoms with Crippen molar-refractivity contribution in [2.24, 2.45) is 10.9 Å². The first-order valence-electron chi connectivity index (χ1n) is 5.07. The summed E-state index contributed by atoms with van der Waals surface area (Å²) < 4.78 is 13.7. The van der Waals surface area contributed by atoms with Crippen molar-refractivity contribution in [2.75, 3.05) is 7.05 Å². The molecule has 1 rings (SSSR count). The molecular formula is C11H13BrFN3O2. The molecule has 3 N–H and O–H groups in total. The molecular weight excluding hydrogens is 305 g/mol. The van der Waals surface area contributed by atoms with Gasteiger partial charge in [-0.1, -0.05) is 21.1 Å². The lowest BCUT2D eigenvalue weighted by Gasteiger charge is -2.23. The Hall–Kier alpha value is -1.63. The first kappa shape index (κ1) is 14.4. The smallest absolute Gasteiger partial charge is 0.254 e. The van der Waals surface area contributed by atoms with Gasteiger partial charge in [-0.15, -0.1) is 0 Å². The average molecular weight is 318 g/mol. The van der Waals surface area contributed by atoms with Gasteiger partial charge in [0.15, 0.2) is 5.84 Å². The van der Waals surface area contributed by atoms with Crippen LogP contribution in [0.2, 0.25) is 0 Å². The number of oxime groups is 1. The largest absolute Gasteiger partial charge is 0.409 e. The van der Waals surface area contributed by atoms with Gasteiger partial charge in [0.1, 0.15) is 5.82 Å². The summed E-state index contributed by atoms with van der Waals surface area (Å²) >= 11 is 3.11. The monoisotopic (exact) mass is 317 g/mol. The second kappa shape index (κ2) is 5.81. The first-order chi connectivity index (χ1) is 8.36. The molecule has 1 atom stereocenters. The van der Waals surface area contributed by atoms with Crippen LogP contribution in [0.5, 0.6) is 0 Å². The van der Waals surface area contributed by atoms with E-state index < -0.39 is 17.8 Å². The topological polar surface area (TPSA) is 78.9 Å². The Labute approximate surface area is 112 Å². The normalized spacial score (nSPS) is 13.2. The lowest BCUT2D eigenvalue weighted by molar-refractivity contribution is 0.0775. The molecule has 0 aliphatic carbocycles. The van der Waals surface area contributed by atoms with Crippen molar-refractivity contribution < 1.29 is 14.4 Å². The highest BCUT2D eigenvalue weighted by atomic mass is 79.9. The van der Waals surface area contributed by atoms with E-state index in [-0.39, 0.29) is 11.4 Å². The zero-order valence-electron chi connectivity index (χ0n) is 9.89. The number of amides is 1. The minimum absolute atomic E-state index is 0.0960. The van der Waals surface area contributed by atoms with E-state index >= 15 is 0 Å². The quantitative estimate of drug-likeness (QED) is 0.386. The Morgan fingerprint density at radius 3 is 2.67 bits per heavy atom. The second-order valence-corrected chi connectivity index (χ2v) is 4.69. The maximum Gasteiger partial charge on any atom is 0.254 e. The molecule has 1 aromatic rings. The van der Waals surface area contributed by atoms with Crippen LogP contribution >= 0.6 is 15.9 Å². The van der Waals surface area contributed by atoms with E-state index in [1.165, 1.54) is 24.1 Å². The lowest BCUT2D eigenvalue weighted by Crippen LogP contribution is -2.43. The van der Waals surface area contributed by atoms with Crippen molar-refractivity contribution in [3.05, 3.63) is 34.1 Å². The molecule has 0 aromatic heterocycles. The van der Waals surface area contributed by atoms with Crippen molar-refractivity contribution in [3.63, 3.8) is 0 Å². The molecule has 1 aromatic carbocycles. The number of nitrogens with zero attached hydrogens (tertiary/aromatic N) is 2. The average Bonchev–Trinajstić information content (AvgIpc) is 2.33. The highest BCUT2D eigenvalue weighted by molar-refractivity contribution is 9.10. The van der Waals surface area contributed by atoms with Crippen LogP contribution in [-0.4, -0.2) is 34.9 Å². The van der Waals surface area contributed by atoms with Crippen LogP contribution < -0.4 is 5.73 Å². The highest BCUT2D eigenvalue weighted by Crippen LogP contribution is 2.16. The van der Waals surface area contributed by atoms with Crippen molar-refractivity contribution in [3.8, 4) is 0 Å². The first-order valence-corrected chi connectivity index (χ1v) is 5.86.